The molecule has 0 saturated heterocycles. The monoisotopic (exact) mass is 883 g/mol. The van der Waals surface area contributed by atoms with Gasteiger partial charge in [-0.2, -0.15) is 0 Å². The zero-order valence-corrected chi connectivity index (χ0v) is 42.1. The van der Waals surface area contributed by atoms with Gasteiger partial charge in [-0.25, -0.2) is 0 Å². The van der Waals surface area contributed by atoms with Gasteiger partial charge in [-0.05, 0) is 120 Å². The lowest BCUT2D eigenvalue weighted by Crippen LogP contribution is -2.50. The minimum Gasteiger partial charge on any atom is -0.458 e. The van der Waals surface area contributed by atoms with Gasteiger partial charge in [-0.1, -0.05) is 234 Å². The Bertz CT molecular complexity index is 1800. The van der Waals surface area contributed by atoms with E-state index in [1.54, 1.807) is 11.1 Å². The highest BCUT2D eigenvalue weighted by Gasteiger charge is 2.59. The molecule has 8 atom stereocenters. The summed E-state index contributed by atoms with van der Waals surface area (Å²) in [5.41, 5.74) is 6.52. The Hall–Kier alpha value is -3.17. The fraction of sp³-hybridized carbons (Fsp3) is 0.661. The minimum atomic E-state index is -0.689. The average Bonchev–Trinajstić information content (AvgIpc) is 3.62. The number of esters is 1. The molecule has 0 spiro atoms. The second kappa shape index (κ2) is 23.7. The van der Waals surface area contributed by atoms with Crippen LogP contribution in [0.5, 0.6) is 0 Å². The first-order valence-corrected chi connectivity index (χ1v) is 27.4. The molecular weight excluding hydrogens is 793 g/mol. The SMILES string of the molecule is CCCCCCCCCCCCCCCC(=O)O[C@@H]1C[C@H]([C@H](C)CCCC(C)C)[C@@]2(C)CC[C@H]3C(=C12)CC[C@H]1C[C@@H](OC(c2ccccc2)(c2ccccc2)c2ccccc2)CC[C@@]13C. The summed E-state index contributed by atoms with van der Waals surface area (Å²) in [4.78, 5) is 13.9. The summed E-state index contributed by atoms with van der Waals surface area (Å²) >= 11 is 0. The number of carbonyl (C=O) groups is 1. The molecule has 3 aromatic carbocycles. The molecule has 3 nitrogen and oxygen atoms in total. The van der Waals surface area contributed by atoms with E-state index in [1.807, 2.05) is 0 Å². The van der Waals surface area contributed by atoms with Crippen molar-refractivity contribution in [1.29, 1.82) is 0 Å². The molecule has 0 aromatic heterocycles. The standard InChI is InChI=1S/C62H90O3/c1-7-8-9-10-11-12-13-14-15-16-17-18-28-38-58(63)64-57-46-56(48(4)31-29-30-47(2)3)61(6)44-42-55-54(59(57)61)40-39-52-45-53(41-43-60(52,55)5)65-62(49-32-22-19-23-33-49,50-34-24-20-25-35-50)51-36-26-21-27-37-51/h19-27,32-37,47-48,52-53,55-57H,7-18,28-31,38-46H2,1-6H3/t48-,52+,53+,55+,56-,57-,60+,61-/m1/s1. The second-order valence-electron chi connectivity index (χ2n) is 22.6. The fourth-order valence-corrected chi connectivity index (χ4v) is 14.1. The fourth-order valence-electron chi connectivity index (χ4n) is 14.1. The smallest absolute Gasteiger partial charge is 0.306 e. The van der Waals surface area contributed by atoms with Gasteiger partial charge in [0.15, 0.2) is 0 Å². The zero-order valence-electron chi connectivity index (χ0n) is 42.1. The predicted molar refractivity (Wildman–Crippen MR) is 273 cm³/mol. The van der Waals surface area contributed by atoms with Crippen LogP contribution < -0.4 is 0 Å². The number of hydrogen-bond acceptors (Lipinski definition) is 3. The molecule has 7 rings (SSSR count). The van der Waals surface area contributed by atoms with E-state index < -0.39 is 5.60 Å². The molecule has 65 heavy (non-hydrogen) atoms. The summed E-state index contributed by atoms with van der Waals surface area (Å²) in [6.45, 7) is 14.8. The van der Waals surface area contributed by atoms with Gasteiger partial charge in [0.2, 0.25) is 0 Å². The number of carbonyl (C=O) groups excluding carboxylic acids is 1. The van der Waals surface area contributed by atoms with Crippen molar-refractivity contribution >= 4 is 5.97 Å². The van der Waals surface area contributed by atoms with Crippen LogP contribution in [0.15, 0.2) is 102 Å². The van der Waals surface area contributed by atoms with Crippen molar-refractivity contribution in [1.82, 2.24) is 0 Å². The van der Waals surface area contributed by atoms with E-state index in [4.69, 9.17) is 9.47 Å². The maximum absolute atomic E-state index is 13.9. The number of fused-ring (bicyclic) bond motifs is 4. The van der Waals surface area contributed by atoms with Crippen LogP contribution in [0, 0.1) is 40.4 Å². The molecule has 3 saturated carbocycles. The van der Waals surface area contributed by atoms with Crippen LogP contribution in [0.25, 0.3) is 0 Å². The zero-order chi connectivity index (χ0) is 45.7. The third-order valence-corrected chi connectivity index (χ3v) is 17.8. The van der Waals surface area contributed by atoms with E-state index >= 15 is 0 Å². The van der Waals surface area contributed by atoms with Crippen LogP contribution in [0.3, 0.4) is 0 Å². The normalized spacial score (nSPS) is 27.0. The van der Waals surface area contributed by atoms with Gasteiger partial charge >= 0.3 is 5.97 Å². The lowest BCUT2D eigenvalue weighted by molar-refractivity contribution is -0.147. The molecule has 4 aliphatic carbocycles. The van der Waals surface area contributed by atoms with E-state index in [-0.39, 0.29) is 29.0 Å². The molecule has 0 amide bonds. The van der Waals surface area contributed by atoms with E-state index in [0.29, 0.717) is 30.1 Å². The second-order valence-corrected chi connectivity index (χ2v) is 22.6. The third-order valence-electron chi connectivity index (χ3n) is 17.8. The summed E-state index contributed by atoms with van der Waals surface area (Å²) in [5, 5.41) is 0. The van der Waals surface area contributed by atoms with Crippen LogP contribution in [-0.4, -0.2) is 18.2 Å². The van der Waals surface area contributed by atoms with Gasteiger partial charge in [0.25, 0.3) is 0 Å². The van der Waals surface area contributed by atoms with Gasteiger partial charge in [-0.3, -0.25) is 4.79 Å². The first kappa shape index (κ1) is 49.7. The van der Waals surface area contributed by atoms with Crippen molar-refractivity contribution in [2.75, 3.05) is 0 Å². The summed E-state index contributed by atoms with van der Waals surface area (Å²) in [5.74, 6) is 3.17. The molecule has 0 aliphatic heterocycles. The molecule has 0 unspecified atom stereocenters. The van der Waals surface area contributed by atoms with Crippen LogP contribution in [-0.2, 0) is 19.9 Å². The topological polar surface area (TPSA) is 35.5 Å². The number of rotatable bonds is 25. The average molecular weight is 883 g/mol. The van der Waals surface area contributed by atoms with Crippen molar-refractivity contribution < 1.29 is 14.3 Å². The molecule has 0 heterocycles. The van der Waals surface area contributed by atoms with Gasteiger partial charge in [0.05, 0.1) is 6.10 Å². The van der Waals surface area contributed by atoms with Crippen molar-refractivity contribution in [2.45, 2.75) is 220 Å². The maximum atomic E-state index is 13.9. The molecule has 0 radical (unpaired) electrons. The van der Waals surface area contributed by atoms with Crippen LogP contribution in [0.4, 0.5) is 0 Å². The summed E-state index contributed by atoms with van der Waals surface area (Å²) < 4.78 is 14.5. The Kier molecular flexibility index (Phi) is 18.1. The number of unbranched alkanes of at least 4 members (excludes halogenated alkanes) is 12. The maximum Gasteiger partial charge on any atom is 0.306 e. The Labute approximate surface area is 397 Å². The molecule has 0 N–H and O–H groups in total. The Morgan fingerprint density at radius 3 is 1.72 bits per heavy atom. The highest BCUT2D eigenvalue weighted by atomic mass is 16.5. The van der Waals surface area contributed by atoms with Crippen molar-refractivity contribution in [3.8, 4) is 0 Å². The van der Waals surface area contributed by atoms with Gasteiger partial charge in [-0.15, -0.1) is 0 Å². The Morgan fingerprint density at radius 1 is 0.646 bits per heavy atom. The summed E-state index contributed by atoms with van der Waals surface area (Å²) in [7, 11) is 0. The predicted octanol–water partition coefficient (Wildman–Crippen LogP) is 17.6. The number of ether oxygens (including phenoxy) is 2. The largest absolute Gasteiger partial charge is 0.458 e. The van der Waals surface area contributed by atoms with Crippen LogP contribution >= 0.6 is 0 Å². The quantitative estimate of drug-likeness (QED) is 0.0368. The van der Waals surface area contributed by atoms with Crippen molar-refractivity contribution in [2.24, 2.45) is 40.4 Å². The summed E-state index contributed by atoms with van der Waals surface area (Å²) in [6.07, 6.45) is 30.9. The molecule has 0 bridgehead atoms. The molecule has 3 fully saturated rings. The van der Waals surface area contributed by atoms with E-state index in [2.05, 4.69) is 133 Å². The molecule has 3 aromatic rings. The number of benzene rings is 3. The number of allylic oxidation sites excluding steroid dienone is 1. The van der Waals surface area contributed by atoms with Crippen molar-refractivity contribution in [3.63, 3.8) is 0 Å². The molecular formula is C62H90O3. The molecule has 356 valence electrons. The van der Waals surface area contributed by atoms with Crippen molar-refractivity contribution in [3.05, 3.63) is 119 Å². The van der Waals surface area contributed by atoms with Gasteiger partial charge in [0, 0.05) is 6.42 Å². The van der Waals surface area contributed by atoms with Crippen LogP contribution in [0.2, 0.25) is 0 Å². The minimum absolute atomic E-state index is 0.0483. The van der Waals surface area contributed by atoms with E-state index in [1.165, 1.54) is 132 Å². The molecule has 4 aliphatic rings. The van der Waals surface area contributed by atoms with Crippen LogP contribution in [0.1, 0.15) is 219 Å². The first-order valence-electron chi connectivity index (χ1n) is 27.4. The van der Waals surface area contributed by atoms with E-state index in [9.17, 15) is 4.79 Å². The molecule has 3 heteroatoms. The third kappa shape index (κ3) is 11.8. The van der Waals surface area contributed by atoms with Gasteiger partial charge < -0.3 is 9.47 Å². The van der Waals surface area contributed by atoms with E-state index in [0.717, 1.165) is 44.4 Å². The lowest BCUT2D eigenvalue weighted by Gasteiger charge is -2.57. The van der Waals surface area contributed by atoms with Gasteiger partial charge in [0.1, 0.15) is 11.7 Å². The Balaban J connectivity index is 1.04. The Morgan fingerprint density at radius 2 is 1.18 bits per heavy atom. The summed E-state index contributed by atoms with van der Waals surface area (Å²) in [6, 6.07) is 32.9. The highest BCUT2D eigenvalue weighted by molar-refractivity contribution is 5.70. The number of hydrogen-bond donors (Lipinski definition) is 0. The highest BCUT2D eigenvalue weighted by Crippen LogP contribution is 2.67. The first-order chi connectivity index (χ1) is 31.6. The lowest BCUT2D eigenvalue weighted by atomic mass is 9.48.